The fourth-order valence-electron chi connectivity index (χ4n) is 1.86. The molecule has 1 amide bonds. The van der Waals surface area contributed by atoms with Crippen LogP contribution in [0, 0.1) is 5.92 Å². The lowest BCUT2D eigenvalue weighted by Crippen LogP contribution is -2.40. The van der Waals surface area contributed by atoms with Crippen molar-refractivity contribution in [3.63, 3.8) is 0 Å². The molecule has 0 radical (unpaired) electrons. The van der Waals surface area contributed by atoms with E-state index < -0.39 is 0 Å². The van der Waals surface area contributed by atoms with E-state index in [1.165, 1.54) is 0 Å². The summed E-state index contributed by atoms with van der Waals surface area (Å²) in [6, 6.07) is 8.18. The number of anilines is 1. The SMILES string of the molecule is CCC(C)C(=O)Nc1cccc(CNC(=NC)NC(C)C)c1. The molecule has 0 aromatic heterocycles. The molecule has 0 bridgehead atoms. The first kappa shape index (κ1) is 18.0. The van der Waals surface area contributed by atoms with Gasteiger partial charge in [0.1, 0.15) is 0 Å². The van der Waals surface area contributed by atoms with Gasteiger partial charge in [0.15, 0.2) is 5.96 Å². The molecule has 5 nitrogen and oxygen atoms in total. The third-order valence-electron chi connectivity index (χ3n) is 3.36. The minimum absolute atomic E-state index is 0.0239. The summed E-state index contributed by atoms with van der Waals surface area (Å²) in [6.07, 6.45) is 0.838. The van der Waals surface area contributed by atoms with E-state index in [4.69, 9.17) is 0 Å². The van der Waals surface area contributed by atoms with E-state index in [9.17, 15) is 4.79 Å². The van der Waals surface area contributed by atoms with Gasteiger partial charge < -0.3 is 16.0 Å². The molecular weight excluding hydrogens is 276 g/mol. The lowest BCUT2D eigenvalue weighted by Gasteiger charge is -2.15. The van der Waals surface area contributed by atoms with Gasteiger partial charge in [-0.15, -0.1) is 0 Å². The Morgan fingerprint density at radius 1 is 1.27 bits per heavy atom. The summed E-state index contributed by atoms with van der Waals surface area (Å²) in [6.45, 7) is 8.73. The predicted octanol–water partition coefficient (Wildman–Crippen LogP) is 2.74. The largest absolute Gasteiger partial charge is 0.354 e. The summed E-state index contributed by atoms with van der Waals surface area (Å²) >= 11 is 0. The second-order valence-electron chi connectivity index (χ2n) is 5.72. The van der Waals surface area contributed by atoms with Crippen LogP contribution in [0.3, 0.4) is 0 Å². The van der Waals surface area contributed by atoms with E-state index >= 15 is 0 Å². The van der Waals surface area contributed by atoms with Crippen molar-refractivity contribution in [3.8, 4) is 0 Å². The van der Waals surface area contributed by atoms with Crippen LogP contribution in [0.4, 0.5) is 5.69 Å². The number of hydrogen-bond acceptors (Lipinski definition) is 2. The zero-order valence-electron chi connectivity index (χ0n) is 14.2. The van der Waals surface area contributed by atoms with Crippen molar-refractivity contribution >= 4 is 17.6 Å². The average molecular weight is 304 g/mol. The smallest absolute Gasteiger partial charge is 0.227 e. The number of hydrogen-bond donors (Lipinski definition) is 3. The lowest BCUT2D eigenvalue weighted by molar-refractivity contribution is -0.119. The van der Waals surface area contributed by atoms with Gasteiger partial charge in [-0.1, -0.05) is 26.0 Å². The number of amides is 1. The van der Waals surface area contributed by atoms with E-state index in [0.717, 1.165) is 23.6 Å². The summed E-state index contributed by atoms with van der Waals surface area (Å²) in [5.41, 5.74) is 1.92. The molecule has 0 saturated heterocycles. The molecule has 0 spiro atoms. The number of nitrogens with zero attached hydrogens (tertiary/aromatic N) is 1. The van der Waals surface area contributed by atoms with Crippen LogP contribution in [0.5, 0.6) is 0 Å². The van der Waals surface area contributed by atoms with Crippen molar-refractivity contribution in [2.24, 2.45) is 10.9 Å². The van der Waals surface area contributed by atoms with E-state index in [1.54, 1.807) is 7.05 Å². The Hall–Kier alpha value is -2.04. The molecule has 122 valence electrons. The van der Waals surface area contributed by atoms with Crippen molar-refractivity contribution in [2.45, 2.75) is 46.7 Å². The average Bonchev–Trinajstić information content (AvgIpc) is 2.50. The molecule has 0 saturated carbocycles. The Kier molecular flexibility index (Phi) is 7.43. The van der Waals surface area contributed by atoms with E-state index in [0.29, 0.717) is 12.6 Å². The van der Waals surface area contributed by atoms with Gasteiger partial charge in [0.25, 0.3) is 0 Å². The third kappa shape index (κ3) is 6.16. The molecule has 0 heterocycles. The quantitative estimate of drug-likeness (QED) is 0.559. The Balaban J connectivity index is 2.62. The van der Waals surface area contributed by atoms with Crippen molar-refractivity contribution in [2.75, 3.05) is 12.4 Å². The highest BCUT2D eigenvalue weighted by atomic mass is 16.1. The molecule has 1 atom stereocenters. The molecule has 0 aliphatic carbocycles. The van der Waals surface area contributed by atoms with Gasteiger partial charge in [0, 0.05) is 31.2 Å². The first-order valence-corrected chi connectivity index (χ1v) is 7.83. The maximum Gasteiger partial charge on any atom is 0.227 e. The number of guanidine groups is 1. The van der Waals surface area contributed by atoms with Crippen molar-refractivity contribution in [1.82, 2.24) is 10.6 Å². The van der Waals surface area contributed by atoms with Crippen molar-refractivity contribution in [1.29, 1.82) is 0 Å². The number of rotatable bonds is 6. The van der Waals surface area contributed by atoms with Gasteiger partial charge in [-0.25, -0.2) is 0 Å². The zero-order valence-corrected chi connectivity index (χ0v) is 14.2. The number of carbonyl (C=O) groups is 1. The highest BCUT2D eigenvalue weighted by molar-refractivity contribution is 5.92. The normalized spacial score (nSPS) is 12.9. The van der Waals surface area contributed by atoms with Gasteiger partial charge >= 0.3 is 0 Å². The van der Waals surface area contributed by atoms with E-state index in [2.05, 4.69) is 34.8 Å². The summed E-state index contributed by atoms with van der Waals surface area (Å²) in [7, 11) is 1.75. The van der Waals surface area contributed by atoms with Gasteiger partial charge in [0.2, 0.25) is 5.91 Å². The van der Waals surface area contributed by atoms with Gasteiger partial charge in [0.05, 0.1) is 0 Å². The van der Waals surface area contributed by atoms with Crippen LogP contribution in [-0.2, 0) is 11.3 Å². The molecular formula is C17H28N4O. The Bertz CT molecular complexity index is 511. The predicted molar refractivity (Wildman–Crippen MR) is 93.0 cm³/mol. The van der Waals surface area contributed by atoms with Crippen LogP contribution >= 0.6 is 0 Å². The minimum Gasteiger partial charge on any atom is -0.354 e. The van der Waals surface area contributed by atoms with Crippen molar-refractivity contribution in [3.05, 3.63) is 29.8 Å². The highest BCUT2D eigenvalue weighted by Crippen LogP contribution is 2.13. The first-order valence-electron chi connectivity index (χ1n) is 7.83. The molecule has 1 rings (SSSR count). The Morgan fingerprint density at radius 3 is 2.59 bits per heavy atom. The van der Waals surface area contributed by atoms with Crippen molar-refractivity contribution < 1.29 is 4.79 Å². The number of benzene rings is 1. The highest BCUT2D eigenvalue weighted by Gasteiger charge is 2.10. The van der Waals surface area contributed by atoms with Crippen LogP contribution in [-0.4, -0.2) is 25.0 Å². The third-order valence-corrected chi connectivity index (χ3v) is 3.36. The molecule has 0 aliphatic heterocycles. The van der Waals surface area contributed by atoms with Gasteiger partial charge in [-0.2, -0.15) is 0 Å². The second-order valence-corrected chi connectivity index (χ2v) is 5.72. The maximum atomic E-state index is 11.9. The van der Waals surface area contributed by atoms with Gasteiger partial charge in [-0.05, 0) is 38.0 Å². The zero-order chi connectivity index (χ0) is 16.5. The van der Waals surface area contributed by atoms with Crippen LogP contribution in [0.25, 0.3) is 0 Å². The number of carbonyl (C=O) groups excluding carboxylic acids is 1. The molecule has 1 unspecified atom stereocenters. The topological polar surface area (TPSA) is 65.5 Å². The molecule has 22 heavy (non-hydrogen) atoms. The van der Waals surface area contributed by atoms with Crippen LogP contribution in [0.1, 0.15) is 39.7 Å². The summed E-state index contributed by atoms with van der Waals surface area (Å²) < 4.78 is 0. The molecule has 1 aromatic rings. The van der Waals surface area contributed by atoms with Crippen LogP contribution in [0.2, 0.25) is 0 Å². The summed E-state index contributed by atoms with van der Waals surface area (Å²) in [5.74, 6) is 0.852. The number of nitrogens with one attached hydrogen (secondary N) is 3. The van der Waals surface area contributed by atoms with E-state index in [-0.39, 0.29) is 11.8 Å². The van der Waals surface area contributed by atoms with Crippen LogP contribution < -0.4 is 16.0 Å². The fraction of sp³-hybridized carbons (Fsp3) is 0.529. The molecule has 5 heteroatoms. The molecule has 0 aliphatic rings. The Labute approximate surface area is 133 Å². The lowest BCUT2D eigenvalue weighted by atomic mass is 10.1. The van der Waals surface area contributed by atoms with Crippen LogP contribution in [0.15, 0.2) is 29.3 Å². The first-order chi connectivity index (χ1) is 10.5. The minimum atomic E-state index is 0.0239. The molecule has 0 fully saturated rings. The summed E-state index contributed by atoms with van der Waals surface area (Å²) in [5, 5.41) is 9.45. The fourth-order valence-corrected chi connectivity index (χ4v) is 1.86. The van der Waals surface area contributed by atoms with E-state index in [1.807, 2.05) is 38.1 Å². The second kappa shape index (κ2) is 9.07. The monoisotopic (exact) mass is 304 g/mol. The summed E-state index contributed by atoms with van der Waals surface area (Å²) in [4.78, 5) is 16.1. The van der Waals surface area contributed by atoms with Gasteiger partial charge in [-0.3, -0.25) is 9.79 Å². The standard InChI is InChI=1S/C17H28N4O/c1-6-13(4)16(22)21-15-9-7-8-14(10-15)11-19-17(18-5)20-12(2)3/h7-10,12-13H,6,11H2,1-5H3,(H,21,22)(H2,18,19,20). The maximum absolute atomic E-state index is 11.9. The number of aliphatic imine (C=N–C) groups is 1. The molecule has 3 N–H and O–H groups in total. The molecule has 1 aromatic carbocycles. The Morgan fingerprint density at radius 2 is 2.00 bits per heavy atom.